The molecule has 3 aliphatic rings. The normalized spacial score (nSPS) is 15.8. The zero-order valence-electron chi connectivity index (χ0n) is 45.9. The molecule has 0 spiro atoms. The first-order valence-electron chi connectivity index (χ1n) is 27.3. The molecule has 0 saturated carbocycles. The summed E-state index contributed by atoms with van der Waals surface area (Å²) in [6.45, 7) is 16.0. The average Bonchev–Trinajstić information content (AvgIpc) is 3.50. The van der Waals surface area contributed by atoms with E-state index in [1.165, 1.54) is 27.6 Å². The largest absolute Gasteiger partial charge is 0.311 e. The standard InChI is InChI=1S/C68H64BN3/c1-45-38-63-65-64(39-45)72(60-40-49(31-30-46(60)2)47-22-14-10-15-23-47)61-42-53(70(51-26-18-12-19-27-51)52-28-20-13-21-29-52)33-34-57(61)69(65)58-43-55-56(68(8,9)37-36-67(55,6)7)44-62(58)71(63)59-35-32-50(66(3,4)5)41-54(59)48-24-16-11-17-25-48/h10-35,38-44H,36-37H2,1-9H3/i1D3. The highest BCUT2D eigenvalue weighted by Crippen LogP contribution is 2.53. The van der Waals surface area contributed by atoms with Crippen molar-refractivity contribution in [1.29, 1.82) is 0 Å². The zero-order chi connectivity index (χ0) is 52.2. The van der Waals surface area contributed by atoms with E-state index in [0.717, 1.165) is 97.3 Å². The molecule has 2 heterocycles. The molecule has 9 aromatic rings. The minimum Gasteiger partial charge on any atom is -0.311 e. The Morgan fingerprint density at radius 3 is 1.62 bits per heavy atom. The third-order valence-electron chi connectivity index (χ3n) is 16.1. The monoisotopic (exact) mass is 937 g/mol. The molecule has 1 aliphatic carbocycles. The molecule has 72 heavy (non-hydrogen) atoms. The van der Waals surface area contributed by atoms with Gasteiger partial charge in [-0.25, -0.2) is 0 Å². The van der Waals surface area contributed by atoms with Gasteiger partial charge in [-0.05, 0) is 177 Å². The van der Waals surface area contributed by atoms with Gasteiger partial charge in [-0.2, -0.15) is 0 Å². The van der Waals surface area contributed by atoms with Crippen LogP contribution in [0.2, 0.25) is 0 Å². The molecule has 0 fully saturated rings. The van der Waals surface area contributed by atoms with E-state index in [4.69, 9.17) is 0 Å². The lowest BCUT2D eigenvalue weighted by Gasteiger charge is -2.48. The minimum atomic E-state index is -2.43. The Morgan fingerprint density at radius 2 is 1.03 bits per heavy atom. The van der Waals surface area contributed by atoms with Gasteiger partial charge in [0.25, 0.3) is 6.71 Å². The molecular weight excluding hydrogens is 870 g/mol. The van der Waals surface area contributed by atoms with Crippen molar-refractivity contribution >= 4 is 74.3 Å². The lowest BCUT2D eigenvalue weighted by atomic mass is 9.33. The van der Waals surface area contributed by atoms with Gasteiger partial charge in [-0.3, -0.25) is 0 Å². The van der Waals surface area contributed by atoms with Crippen LogP contribution in [0.15, 0.2) is 200 Å². The van der Waals surface area contributed by atoms with Crippen LogP contribution in [0.5, 0.6) is 0 Å². The third-order valence-corrected chi connectivity index (χ3v) is 16.1. The highest BCUT2D eigenvalue weighted by atomic mass is 15.2. The van der Waals surface area contributed by atoms with Crippen molar-refractivity contribution in [3.63, 3.8) is 0 Å². The molecule has 354 valence electrons. The minimum absolute atomic E-state index is 0.0727. The summed E-state index contributed by atoms with van der Waals surface area (Å²) in [5.41, 5.74) is 21.9. The molecule has 0 unspecified atom stereocenters. The van der Waals surface area contributed by atoms with Crippen molar-refractivity contribution in [2.24, 2.45) is 0 Å². The summed E-state index contributed by atoms with van der Waals surface area (Å²) in [6, 6.07) is 72.2. The van der Waals surface area contributed by atoms with Gasteiger partial charge in [0.15, 0.2) is 0 Å². The van der Waals surface area contributed by atoms with Crippen LogP contribution in [0, 0.1) is 13.8 Å². The number of fused-ring (bicyclic) bond motifs is 5. The predicted octanol–water partition coefficient (Wildman–Crippen LogP) is 16.8. The number of hydrogen-bond donors (Lipinski definition) is 0. The van der Waals surface area contributed by atoms with Crippen molar-refractivity contribution in [3.8, 4) is 22.3 Å². The van der Waals surface area contributed by atoms with Gasteiger partial charge in [0.05, 0.1) is 5.69 Å². The molecule has 0 radical (unpaired) electrons. The van der Waals surface area contributed by atoms with Gasteiger partial charge < -0.3 is 14.7 Å². The maximum atomic E-state index is 9.31. The molecule has 4 heteroatoms. The molecule has 2 aliphatic heterocycles. The number of aryl methyl sites for hydroxylation is 2. The Bertz CT molecular complexity index is 3620. The molecule has 12 rings (SSSR count). The number of hydrogen-bond acceptors (Lipinski definition) is 3. The first kappa shape index (κ1) is 42.2. The number of anilines is 9. The zero-order valence-corrected chi connectivity index (χ0v) is 42.9. The second kappa shape index (κ2) is 17.1. The summed E-state index contributed by atoms with van der Waals surface area (Å²) in [5, 5.41) is 0. The van der Waals surface area contributed by atoms with Crippen LogP contribution in [-0.4, -0.2) is 6.71 Å². The van der Waals surface area contributed by atoms with E-state index in [-0.39, 0.29) is 23.0 Å². The SMILES string of the molecule is [2H]C([2H])([2H])c1cc2c3c(c1)N(c1ccc(C(C)(C)C)cc1-c1ccccc1)c1cc4c(cc1B3c1ccc(N(c3ccccc3)c3ccccc3)cc1N2c1cc(-c2ccccc2)ccc1C)C(C)(C)CCC4(C)C. The van der Waals surface area contributed by atoms with Crippen LogP contribution in [0.4, 0.5) is 51.2 Å². The molecule has 0 atom stereocenters. The second-order valence-corrected chi connectivity index (χ2v) is 22.7. The Labute approximate surface area is 432 Å². The van der Waals surface area contributed by atoms with Gasteiger partial charge >= 0.3 is 0 Å². The molecule has 0 aromatic heterocycles. The van der Waals surface area contributed by atoms with Gasteiger partial charge in [-0.1, -0.05) is 176 Å². The fourth-order valence-electron chi connectivity index (χ4n) is 12.0. The Balaban J connectivity index is 1.23. The summed E-state index contributed by atoms with van der Waals surface area (Å²) < 4.78 is 27.9. The van der Waals surface area contributed by atoms with Crippen LogP contribution in [-0.2, 0) is 16.2 Å². The lowest BCUT2D eigenvalue weighted by Crippen LogP contribution is -2.62. The number of rotatable bonds is 7. The average molecular weight is 937 g/mol. The molecular formula is C68H64BN3. The van der Waals surface area contributed by atoms with Crippen LogP contribution >= 0.6 is 0 Å². The highest BCUT2D eigenvalue weighted by Gasteiger charge is 2.47. The van der Waals surface area contributed by atoms with Crippen molar-refractivity contribution in [2.45, 2.75) is 91.3 Å². The Hall–Kier alpha value is -7.56. The van der Waals surface area contributed by atoms with E-state index in [1.54, 1.807) is 0 Å². The summed E-state index contributed by atoms with van der Waals surface area (Å²) >= 11 is 0. The maximum absolute atomic E-state index is 9.31. The Kier molecular flexibility index (Phi) is 9.98. The van der Waals surface area contributed by atoms with Gasteiger partial charge in [0, 0.05) is 55.2 Å². The summed E-state index contributed by atoms with van der Waals surface area (Å²) in [4.78, 5) is 7.17. The summed E-state index contributed by atoms with van der Waals surface area (Å²) in [7, 11) is 0. The Morgan fingerprint density at radius 1 is 0.472 bits per heavy atom. The first-order valence-corrected chi connectivity index (χ1v) is 25.8. The van der Waals surface area contributed by atoms with E-state index < -0.39 is 6.85 Å². The van der Waals surface area contributed by atoms with E-state index in [9.17, 15) is 4.11 Å². The van der Waals surface area contributed by atoms with E-state index in [1.807, 2.05) is 12.1 Å². The van der Waals surface area contributed by atoms with Crippen molar-refractivity contribution < 1.29 is 4.11 Å². The van der Waals surface area contributed by atoms with Crippen molar-refractivity contribution in [3.05, 3.63) is 228 Å². The van der Waals surface area contributed by atoms with Gasteiger partial charge in [0.1, 0.15) is 0 Å². The highest BCUT2D eigenvalue weighted by molar-refractivity contribution is 7.00. The van der Waals surface area contributed by atoms with Crippen molar-refractivity contribution in [1.82, 2.24) is 0 Å². The van der Waals surface area contributed by atoms with Gasteiger partial charge in [0.2, 0.25) is 0 Å². The van der Waals surface area contributed by atoms with Crippen molar-refractivity contribution in [2.75, 3.05) is 14.7 Å². The van der Waals surface area contributed by atoms with E-state index in [2.05, 4.69) is 258 Å². The molecule has 3 nitrogen and oxygen atoms in total. The predicted molar refractivity (Wildman–Crippen MR) is 309 cm³/mol. The smallest absolute Gasteiger partial charge is 0.252 e. The number of benzene rings is 9. The topological polar surface area (TPSA) is 9.72 Å². The fraction of sp³-hybridized carbons (Fsp3) is 0.206. The molecule has 0 bridgehead atoms. The molecule has 0 amide bonds. The molecule has 0 saturated heterocycles. The first-order chi connectivity index (χ1) is 35.9. The lowest BCUT2D eigenvalue weighted by molar-refractivity contribution is 0.332. The third kappa shape index (κ3) is 7.57. The summed E-state index contributed by atoms with van der Waals surface area (Å²) in [6.07, 6.45) is 2.14. The second-order valence-electron chi connectivity index (χ2n) is 22.7. The van der Waals surface area contributed by atoms with Gasteiger partial charge in [-0.15, -0.1) is 0 Å². The number of nitrogens with zero attached hydrogens (tertiary/aromatic N) is 3. The van der Waals surface area contributed by atoms with E-state index >= 15 is 0 Å². The molecule has 0 N–H and O–H groups in total. The van der Waals surface area contributed by atoms with Crippen LogP contribution in [0.25, 0.3) is 22.3 Å². The molecule has 9 aromatic carbocycles. The van der Waals surface area contributed by atoms with Crippen LogP contribution in [0.3, 0.4) is 0 Å². The van der Waals surface area contributed by atoms with Crippen LogP contribution < -0.4 is 31.1 Å². The quantitative estimate of drug-likeness (QED) is 0.147. The fourth-order valence-corrected chi connectivity index (χ4v) is 12.0. The summed E-state index contributed by atoms with van der Waals surface area (Å²) in [5.74, 6) is 0. The van der Waals surface area contributed by atoms with E-state index in [0.29, 0.717) is 5.56 Å². The number of para-hydroxylation sites is 2. The maximum Gasteiger partial charge on any atom is 0.252 e. The van der Waals surface area contributed by atoms with Crippen LogP contribution in [0.1, 0.15) is 93.2 Å².